The summed E-state index contributed by atoms with van der Waals surface area (Å²) < 4.78 is 0. The Morgan fingerprint density at radius 2 is 2.00 bits per heavy atom. The van der Waals surface area contributed by atoms with E-state index in [1.54, 1.807) is 5.51 Å². The first-order chi connectivity index (χ1) is 10.2. The lowest BCUT2D eigenvalue weighted by Crippen LogP contribution is -2.13. The quantitative estimate of drug-likeness (QED) is 0.766. The van der Waals surface area contributed by atoms with Crippen LogP contribution in [0.25, 0.3) is 0 Å². The van der Waals surface area contributed by atoms with Crippen LogP contribution in [0.4, 0.5) is 15.8 Å². The van der Waals surface area contributed by atoms with E-state index in [1.165, 1.54) is 22.7 Å². The molecule has 0 bridgehead atoms. The normalized spacial score (nSPS) is 10.3. The molecule has 1 amide bonds. The van der Waals surface area contributed by atoms with E-state index in [0.29, 0.717) is 15.8 Å². The average molecular weight is 316 g/mol. The number of aromatic nitrogens is 2. The Morgan fingerprint density at radius 1 is 1.19 bits per heavy atom. The monoisotopic (exact) mass is 316 g/mol. The summed E-state index contributed by atoms with van der Waals surface area (Å²) in [4.78, 5) is 20.6. The molecule has 2 heterocycles. The Labute approximate surface area is 129 Å². The summed E-state index contributed by atoms with van der Waals surface area (Å²) >= 11 is 2.79. The number of carbonyl (C=O) groups is 1. The van der Waals surface area contributed by atoms with E-state index in [0.717, 1.165) is 11.4 Å². The van der Waals surface area contributed by atoms with Crippen LogP contribution in [0.1, 0.15) is 16.2 Å². The molecular weight excluding hydrogens is 304 g/mol. The van der Waals surface area contributed by atoms with Crippen molar-refractivity contribution in [3.63, 3.8) is 0 Å². The van der Waals surface area contributed by atoms with Crippen LogP contribution in [0.15, 0.2) is 41.2 Å². The average Bonchev–Trinajstić information content (AvgIpc) is 3.09. The molecule has 21 heavy (non-hydrogen) atoms. The van der Waals surface area contributed by atoms with Gasteiger partial charge in [0, 0.05) is 11.1 Å². The number of rotatable bonds is 4. The lowest BCUT2D eigenvalue weighted by Gasteiger charge is -2.05. The van der Waals surface area contributed by atoms with E-state index in [2.05, 4.69) is 20.6 Å². The molecule has 0 atom stereocenters. The van der Waals surface area contributed by atoms with Crippen molar-refractivity contribution in [3.8, 4) is 0 Å². The molecule has 2 N–H and O–H groups in total. The van der Waals surface area contributed by atoms with Gasteiger partial charge < -0.3 is 5.32 Å². The minimum atomic E-state index is -0.260. The number of hydrogen-bond acceptors (Lipinski definition) is 6. The molecule has 3 aromatic rings. The predicted octanol–water partition coefficient (Wildman–Crippen LogP) is 3.90. The number of para-hydroxylation sites is 1. The van der Waals surface area contributed by atoms with Gasteiger partial charge in [-0.1, -0.05) is 18.2 Å². The van der Waals surface area contributed by atoms with Gasteiger partial charge in [-0.15, -0.1) is 22.7 Å². The van der Waals surface area contributed by atoms with Gasteiger partial charge >= 0.3 is 0 Å². The summed E-state index contributed by atoms with van der Waals surface area (Å²) in [6.07, 6.45) is 0. The van der Waals surface area contributed by atoms with Crippen LogP contribution in [0.2, 0.25) is 0 Å². The molecule has 3 rings (SSSR count). The number of carbonyl (C=O) groups excluding carboxylic acids is 1. The molecule has 1 aromatic carbocycles. The van der Waals surface area contributed by atoms with Crippen LogP contribution in [0.5, 0.6) is 0 Å². The topological polar surface area (TPSA) is 66.9 Å². The summed E-state index contributed by atoms with van der Waals surface area (Å²) in [5.41, 5.74) is 3.82. The molecule has 0 aliphatic rings. The summed E-state index contributed by atoms with van der Waals surface area (Å²) in [6, 6.07) is 9.68. The maximum Gasteiger partial charge on any atom is 0.279 e. The Hall–Kier alpha value is -2.25. The van der Waals surface area contributed by atoms with Crippen molar-refractivity contribution in [2.75, 3.05) is 10.6 Å². The Morgan fingerprint density at radius 3 is 2.71 bits per heavy atom. The highest BCUT2D eigenvalue weighted by molar-refractivity contribution is 7.14. The number of amides is 1. The highest BCUT2D eigenvalue weighted by atomic mass is 32.1. The summed E-state index contributed by atoms with van der Waals surface area (Å²) in [7, 11) is 0. The van der Waals surface area contributed by atoms with Gasteiger partial charge in [0.05, 0.1) is 11.2 Å². The number of hydrogen-bond donors (Lipinski definition) is 2. The minimum absolute atomic E-state index is 0.260. The number of thiazole rings is 2. The molecule has 106 valence electrons. The fourth-order valence-electron chi connectivity index (χ4n) is 1.72. The largest absolute Gasteiger partial charge is 0.345 e. The van der Waals surface area contributed by atoms with E-state index in [1.807, 2.05) is 42.6 Å². The van der Waals surface area contributed by atoms with Crippen molar-refractivity contribution in [1.29, 1.82) is 0 Å². The van der Waals surface area contributed by atoms with Crippen molar-refractivity contribution in [3.05, 3.63) is 52.6 Å². The second-order valence-corrected chi connectivity index (χ2v) is 5.98. The lowest BCUT2D eigenvalue weighted by atomic mass is 10.3. The zero-order valence-electron chi connectivity index (χ0n) is 11.2. The molecule has 0 saturated carbocycles. The van der Waals surface area contributed by atoms with Gasteiger partial charge in [0.1, 0.15) is 5.00 Å². The number of nitrogens with zero attached hydrogens (tertiary/aromatic N) is 2. The Balaban J connectivity index is 1.77. The third-order valence-electron chi connectivity index (χ3n) is 2.65. The second-order valence-electron chi connectivity index (χ2n) is 4.27. The molecule has 2 aromatic heterocycles. The van der Waals surface area contributed by atoms with Crippen LogP contribution in [0, 0.1) is 6.92 Å². The van der Waals surface area contributed by atoms with Crippen LogP contribution in [-0.2, 0) is 0 Å². The minimum Gasteiger partial charge on any atom is -0.345 e. The van der Waals surface area contributed by atoms with Gasteiger partial charge in [0.25, 0.3) is 5.91 Å². The molecule has 0 unspecified atom stereocenters. The van der Waals surface area contributed by atoms with Gasteiger partial charge in [-0.25, -0.2) is 9.97 Å². The van der Waals surface area contributed by atoms with Crippen molar-refractivity contribution in [2.24, 2.45) is 0 Å². The van der Waals surface area contributed by atoms with Crippen LogP contribution in [-0.4, -0.2) is 15.9 Å². The summed E-state index contributed by atoms with van der Waals surface area (Å²) in [5.74, 6) is -0.260. The highest BCUT2D eigenvalue weighted by Crippen LogP contribution is 2.26. The third-order valence-corrected chi connectivity index (χ3v) is 4.27. The maximum absolute atomic E-state index is 12.3. The van der Waals surface area contributed by atoms with Crippen LogP contribution < -0.4 is 10.6 Å². The highest BCUT2D eigenvalue weighted by Gasteiger charge is 2.16. The predicted molar refractivity (Wildman–Crippen MR) is 86.6 cm³/mol. The van der Waals surface area contributed by atoms with Crippen molar-refractivity contribution < 1.29 is 4.79 Å². The molecule has 0 fully saturated rings. The third kappa shape index (κ3) is 3.26. The molecule has 7 heteroatoms. The van der Waals surface area contributed by atoms with Crippen molar-refractivity contribution in [2.45, 2.75) is 6.92 Å². The summed E-state index contributed by atoms with van der Waals surface area (Å²) in [6.45, 7) is 1.89. The Bertz CT molecular complexity index is 751. The number of anilines is 3. The van der Waals surface area contributed by atoms with Crippen molar-refractivity contribution in [1.82, 2.24) is 9.97 Å². The van der Waals surface area contributed by atoms with Gasteiger partial charge in [-0.2, -0.15) is 0 Å². The van der Waals surface area contributed by atoms with E-state index in [9.17, 15) is 4.79 Å². The van der Waals surface area contributed by atoms with E-state index in [4.69, 9.17) is 0 Å². The first-order valence-electron chi connectivity index (χ1n) is 6.21. The molecular formula is C14H12N4OS2. The Kier molecular flexibility index (Phi) is 3.94. The fraction of sp³-hybridized carbons (Fsp3) is 0.0714. The van der Waals surface area contributed by atoms with Crippen LogP contribution in [0.3, 0.4) is 0 Å². The molecule has 0 aliphatic carbocycles. The second kappa shape index (κ2) is 6.02. The zero-order chi connectivity index (χ0) is 14.7. The SMILES string of the molecule is Cc1csc(NC(=O)c2ncsc2Nc2ccccc2)n1. The number of nitrogens with one attached hydrogen (secondary N) is 2. The van der Waals surface area contributed by atoms with E-state index < -0.39 is 0 Å². The molecule has 5 nitrogen and oxygen atoms in total. The van der Waals surface area contributed by atoms with Crippen LogP contribution >= 0.6 is 22.7 Å². The van der Waals surface area contributed by atoms with Gasteiger partial charge in [-0.3, -0.25) is 10.1 Å². The van der Waals surface area contributed by atoms with Crippen molar-refractivity contribution >= 4 is 44.4 Å². The smallest absolute Gasteiger partial charge is 0.279 e. The molecule has 0 radical (unpaired) electrons. The van der Waals surface area contributed by atoms with E-state index >= 15 is 0 Å². The molecule has 0 aliphatic heterocycles. The standard InChI is InChI=1S/C14H12N4OS2/c1-9-7-20-14(16-9)18-12(19)11-13(21-8-15-11)17-10-5-3-2-4-6-10/h2-8,17H,1H3,(H,16,18,19). The zero-order valence-corrected chi connectivity index (χ0v) is 12.8. The van der Waals surface area contributed by atoms with E-state index in [-0.39, 0.29) is 5.91 Å². The fourth-order valence-corrected chi connectivity index (χ4v) is 3.10. The number of aryl methyl sites for hydroxylation is 1. The molecule has 0 spiro atoms. The maximum atomic E-state index is 12.3. The van der Waals surface area contributed by atoms with Gasteiger partial charge in [0.15, 0.2) is 10.8 Å². The summed E-state index contributed by atoms with van der Waals surface area (Å²) in [5, 5.41) is 9.15. The van der Waals surface area contributed by atoms with Gasteiger partial charge in [0.2, 0.25) is 0 Å². The molecule has 0 saturated heterocycles. The lowest BCUT2D eigenvalue weighted by molar-refractivity contribution is 0.102. The van der Waals surface area contributed by atoms with Gasteiger partial charge in [-0.05, 0) is 19.1 Å². The first kappa shape index (κ1) is 13.7. The first-order valence-corrected chi connectivity index (χ1v) is 7.97. The number of benzene rings is 1.